The summed E-state index contributed by atoms with van der Waals surface area (Å²) in [6.45, 7) is 4.69. The molecule has 1 atom stereocenters. The van der Waals surface area contributed by atoms with E-state index in [1.807, 2.05) is 6.92 Å². The van der Waals surface area contributed by atoms with Gasteiger partial charge in [0.1, 0.15) is 0 Å². The van der Waals surface area contributed by atoms with Crippen LogP contribution in [0.15, 0.2) is 0 Å². The van der Waals surface area contributed by atoms with E-state index in [0.29, 0.717) is 13.0 Å². The van der Waals surface area contributed by atoms with Crippen molar-refractivity contribution in [3.05, 3.63) is 0 Å². The molecule has 0 amide bonds. The second kappa shape index (κ2) is 7.03. The van der Waals surface area contributed by atoms with Crippen LogP contribution >= 0.6 is 0 Å². The highest BCUT2D eigenvalue weighted by atomic mass is 16.6. The van der Waals surface area contributed by atoms with E-state index in [1.165, 1.54) is 0 Å². The molecule has 61 valence electrons. The van der Waals surface area contributed by atoms with Crippen molar-refractivity contribution in [1.29, 1.82) is 0 Å². The Morgan fingerprint density at radius 2 is 2.00 bits per heavy atom. The summed E-state index contributed by atoms with van der Waals surface area (Å²) in [6.07, 6.45) is 2.88. The highest BCUT2D eigenvalue weighted by Gasteiger charge is 2.02. The lowest BCUT2D eigenvalue weighted by atomic mass is 10.2. The zero-order valence-corrected chi connectivity index (χ0v) is 6.93. The molecule has 0 N–H and O–H groups in total. The van der Waals surface area contributed by atoms with Crippen LogP contribution in [0, 0.1) is 0 Å². The average molecular weight is 145 g/mol. The smallest absolute Gasteiger partial charge is 0.191 e. The third-order valence-corrected chi connectivity index (χ3v) is 1.30. The van der Waals surface area contributed by atoms with Gasteiger partial charge in [0.25, 0.3) is 0 Å². The minimum absolute atomic E-state index is 0.609. The van der Waals surface area contributed by atoms with Crippen molar-refractivity contribution in [3.63, 3.8) is 0 Å². The fourth-order valence-electron chi connectivity index (χ4n) is 0.703. The molecule has 0 fully saturated rings. The van der Waals surface area contributed by atoms with Crippen molar-refractivity contribution >= 4 is 0 Å². The van der Waals surface area contributed by atoms with Gasteiger partial charge in [-0.2, -0.15) is 0 Å². The lowest BCUT2D eigenvalue weighted by Crippen LogP contribution is -2.10. The first kappa shape index (κ1) is 9.92. The van der Waals surface area contributed by atoms with Gasteiger partial charge in [0, 0.05) is 13.0 Å². The third-order valence-electron chi connectivity index (χ3n) is 1.30. The SMILES string of the molecule is CCCCC([O])OCCC. The molecule has 0 aromatic heterocycles. The Labute approximate surface area is 63.2 Å². The molecule has 2 nitrogen and oxygen atoms in total. The van der Waals surface area contributed by atoms with E-state index in [-0.39, 0.29) is 0 Å². The fraction of sp³-hybridized carbons (Fsp3) is 1.00. The van der Waals surface area contributed by atoms with Crippen LogP contribution in [0.25, 0.3) is 0 Å². The molecule has 2 heteroatoms. The highest BCUT2D eigenvalue weighted by molar-refractivity contribution is 4.41. The van der Waals surface area contributed by atoms with Gasteiger partial charge in [0.15, 0.2) is 6.29 Å². The van der Waals surface area contributed by atoms with Crippen molar-refractivity contribution in [2.75, 3.05) is 6.61 Å². The van der Waals surface area contributed by atoms with Crippen molar-refractivity contribution in [1.82, 2.24) is 0 Å². The molecule has 0 aliphatic carbocycles. The quantitative estimate of drug-likeness (QED) is 0.527. The molecule has 0 aliphatic heterocycles. The summed E-state index contributed by atoms with van der Waals surface area (Å²) in [5, 5.41) is 10.8. The van der Waals surface area contributed by atoms with E-state index >= 15 is 0 Å². The molecule has 0 heterocycles. The van der Waals surface area contributed by atoms with Gasteiger partial charge in [-0.3, -0.25) is 0 Å². The largest absolute Gasteiger partial charge is 0.350 e. The Morgan fingerprint density at radius 1 is 1.30 bits per heavy atom. The summed E-state index contributed by atoms with van der Waals surface area (Å²) >= 11 is 0. The van der Waals surface area contributed by atoms with E-state index in [0.717, 1.165) is 19.3 Å². The molecular weight excluding hydrogens is 128 g/mol. The summed E-state index contributed by atoms with van der Waals surface area (Å²) in [4.78, 5) is 0. The second-order valence-electron chi connectivity index (χ2n) is 2.44. The molecule has 1 unspecified atom stereocenters. The third kappa shape index (κ3) is 6.05. The van der Waals surface area contributed by atoms with Gasteiger partial charge in [-0.1, -0.05) is 20.3 Å². The molecule has 1 radical (unpaired) electrons. The van der Waals surface area contributed by atoms with Gasteiger partial charge >= 0.3 is 0 Å². The highest BCUT2D eigenvalue weighted by Crippen LogP contribution is 2.02. The van der Waals surface area contributed by atoms with Crippen LogP contribution < -0.4 is 0 Å². The Bertz CT molecular complexity index is 56.3. The molecule has 0 rings (SSSR count). The van der Waals surface area contributed by atoms with E-state index < -0.39 is 6.29 Å². The second-order valence-corrected chi connectivity index (χ2v) is 2.44. The summed E-state index contributed by atoms with van der Waals surface area (Å²) in [7, 11) is 0. The van der Waals surface area contributed by atoms with Gasteiger partial charge in [-0.15, -0.1) is 0 Å². The van der Waals surface area contributed by atoms with Gasteiger partial charge in [-0.05, 0) is 12.8 Å². The normalized spacial score (nSPS) is 13.5. The molecule has 0 aromatic rings. The maximum absolute atomic E-state index is 10.8. The average Bonchev–Trinajstić information content (AvgIpc) is 1.97. The van der Waals surface area contributed by atoms with Gasteiger partial charge in [0.05, 0.1) is 0 Å². The zero-order valence-electron chi connectivity index (χ0n) is 6.93. The Balaban J connectivity index is 3.00. The Hall–Kier alpha value is -0.0800. The van der Waals surface area contributed by atoms with Crippen LogP contribution in [-0.4, -0.2) is 12.9 Å². The first-order valence-electron chi connectivity index (χ1n) is 4.08. The van der Waals surface area contributed by atoms with Crippen LogP contribution in [0.1, 0.15) is 39.5 Å². The number of ether oxygens (including phenoxy) is 1. The minimum Gasteiger partial charge on any atom is -0.350 e. The fourth-order valence-corrected chi connectivity index (χ4v) is 0.703. The molecule has 0 saturated heterocycles. The topological polar surface area (TPSA) is 29.1 Å². The van der Waals surface area contributed by atoms with Crippen molar-refractivity contribution in [2.24, 2.45) is 0 Å². The standard InChI is InChI=1S/C8H17O2/c1-3-5-6-8(9)10-7-4-2/h8H,3-7H2,1-2H3. The van der Waals surface area contributed by atoms with Crippen molar-refractivity contribution in [3.8, 4) is 0 Å². The van der Waals surface area contributed by atoms with Crippen LogP contribution in [0.5, 0.6) is 0 Å². The number of hydrogen-bond donors (Lipinski definition) is 0. The van der Waals surface area contributed by atoms with Crippen LogP contribution in [0.2, 0.25) is 0 Å². The van der Waals surface area contributed by atoms with Crippen molar-refractivity contribution < 1.29 is 9.84 Å². The maximum atomic E-state index is 10.8. The summed E-state index contributed by atoms with van der Waals surface area (Å²) in [5.74, 6) is 0. The number of rotatable bonds is 6. The zero-order chi connectivity index (χ0) is 7.82. The van der Waals surface area contributed by atoms with E-state index in [2.05, 4.69) is 6.92 Å². The molecule has 0 aromatic carbocycles. The van der Waals surface area contributed by atoms with E-state index in [1.54, 1.807) is 0 Å². The van der Waals surface area contributed by atoms with Gasteiger partial charge < -0.3 is 4.74 Å². The number of unbranched alkanes of at least 4 members (excludes halogenated alkanes) is 1. The van der Waals surface area contributed by atoms with Gasteiger partial charge in [-0.25, -0.2) is 5.11 Å². The predicted octanol–water partition coefficient (Wildman–Crippen LogP) is 2.36. The lowest BCUT2D eigenvalue weighted by Gasteiger charge is -2.06. The van der Waals surface area contributed by atoms with Crippen LogP contribution in [0.3, 0.4) is 0 Å². The minimum atomic E-state index is -0.778. The molecule has 10 heavy (non-hydrogen) atoms. The summed E-state index contributed by atoms with van der Waals surface area (Å²) in [6, 6.07) is 0. The summed E-state index contributed by atoms with van der Waals surface area (Å²) < 4.78 is 4.94. The Morgan fingerprint density at radius 3 is 2.50 bits per heavy atom. The first-order chi connectivity index (χ1) is 4.81. The van der Waals surface area contributed by atoms with E-state index in [9.17, 15) is 5.11 Å². The molecular formula is C8H17O2. The van der Waals surface area contributed by atoms with Gasteiger partial charge in [0.2, 0.25) is 0 Å². The van der Waals surface area contributed by atoms with Crippen LogP contribution in [0.4, 0.5) is 0 Å². The monoisotopic (exact) mass is 145 g/mol. The van der Waals surface area contributed by atoms with E-state index in [4.69, 9.17) is 4.74 Å². The van der Waals surface area contributed by atoms with Crippen LogP contribution in [-0.2, 0) is 9.84 Å². The Kier molecular flexibility index (Phi) is 6.98. The maximum Gasteiger partial charge on any atom is 0.191 e. The number of hydrogen-bond acceptors (Lipinski definition) is 1. The molecule has 0 bridgehead atoms. The lowest BCUT2D eigenvalue weighted by molar-refractivity contribution is -0.143. The predicted molar refractivity (Wildman–Crippen MR) is 40.2 cm³/mol. The summed E-state index contributed by atoms with van der Waals surface area (Å²) in [5.41, 5.74) is 0. The molecule has 0 spiro atoms. The van der Waals surface area contributed by atoms with Crippen molar-refractivity contribution in [2.45, 2.75) is 45.8 Å². The molecule has 0 saturated carbocycles. The molecule has 0 aliphatic rings. The first-order valence-corrected chi connectivity index (χ1v) is 4.08.